The summed E-state index contributed by atoms with van der Waals surface area (Å²) in [7, 11) is 3.65. The van der Waals surface area contributed by atoms with Gasteiger partial charge in [0.05, 0.1) is 32.1 Å². The monoisotopic (exact) mass is 255 g/mol. The molecule has 0 atom stereocenters. The number of aromatic nitrogens is 2. The van der Waals surface area contributed by atoms with Gasteiger partial charge in [0, 0.05) is 12.8 Å². The molecule has 0 radical (unpaired) electrons. The Morgan fingerprint density at radius 3 is 2.67 bits per heavy atom. The van der Waals surface area contributed by atoms with Crippen molar-refractivity contribution in [1.82, 2.24) is 15.1 Å². The average molecular weight is 255 g/mol. The van der Waals surface area contributed by atoms with Gasteiger partial charge in [0.2, 0.25) is 0 Å². The third kappa shape index (κ3) is 4.40. The van der Waals surface area contributed by atoms with E-state index in [2.05, 4.69) is 24.3 Å². The minimum atomic E-state index is 0.641. The van der Waals surface area contributed by atoms with Crippen LogP contribution < -0.4 is 5.32 Å². The summed E-state index contributed by atoms with van der Waals surface area (Å²) in [6, 6.07) is 0. The van der Waals surface area contributed by atoms with Gasteiger partial charge in [-0.1, -0.05) is 0 Å². The van der Waals surface area contributed by atoms with Crippen LogP contribution in [0.5, 0.6) is 0 Å². The van der Waals surface area contributed by atoms with Crippen LogP contribution in [0.1, 0.15) is 17.0 Å². The highest BCUT2D eigenvalue weighted by Crippen LogP contribution is 2.13. The van der Waals surface area contributed by atoms with E-state index in [0.717, 1.165) is 25.2 Å². The molecule has 0 saturated carbocycles. The van der Waals surface area contributed by atoms with Crippen molar-refractivity contribution in [3.05, 3.63) is 17.0 Å². The highest BCUT2D eigenvalue weighted by atomic mass is 16.5. The Hall–Kier alpha value is -0.910. The van der Waals surface area contributed by atoms with Gasteiger partial charge in [0.1, 0.15) is 0 Å². The van der Waals surface area contributed by atoms with Crippen LogP contribution in [0.2, 0.25) is 0 Å². The second-order valence-electron chi connectivity index (χ2n) is 4.33. The summed E-state index contributed by atoms with van der Waals surface area (Å²) in [5.74, 6) is 0. The van der Waals surface area contributed by atoms with Crippen LogP contribution in [0.25, 0.3) is 0 Å². The molecule has 0 aliphatic rings. The van der Waals surface area contributed by atoms with Crippen LogP contribution >= 0.6 is 0 Å². The molecule has 5 nitrogen and oxygen atoms in total. The summed E-state index contributed by atoms with van der Waals surface area (Å²) in [5, 5.41) is 7.73. The Morgan fingerprint density at radius 2 is 2.00 bits per heavy atom. The van der Waals surface area contributed by atoms with Crippen LogP contribution in [-0.2, 0) is 22.4 Å². The van der Waals surface area contributed by atoms with Crippen molar-refractivity contribution in [1.29, 1.82) is 0 Å². The number of nitrogens with zero attached hydrogens (tertiary/aromatic N) is 2. The number of hydrogen-bond acceptors (Lipinski definition) is 4. The fourth-order valence-electron chi connectivity index (χ4n) is 1.96. The first-order valence-corrected chi connectivity index (χ1v) is 6.44. The molecule has 0 aliphatic heterocycles. The zero-order chi connectivity index (χ0) is 13.4. The van der Waals surface area contributed by atoms with Crippen molar-refractivity contribution < 1.29 is 9.47 Å². The standard InChI is InChI=1S/C13H25N3O2/c1-11-13(5-6-14-3)12(2)16(15-11)7-8-18-10-9-17-4/h14H,5-10H2,1-4H3. The topological polar surface area (TPSA) is 48.3 Å². The van der Waals surface area contributed by atoms with Gasteiger partial charge in [-0.15, -0.1) is 0 Å². The molecule has 0 unspecified atom stereocenters. The minimum Gasteiger partial charge on any atom is -0.382 e. The predicted octanol–water partition coefficient (Wildman–Crippen LogP) is 0.925. The summed E-state index contributed by atoms with van der Waals surface area (Å²) >= 11 is 0. The summed E-state index contributed by atoms with van der Waals surface area (Å²) in [6.45, 7) is 7.94. The predicted molar refractivity (Wildman–Crippen MR) is 72.0 cm³/mol. The Kier molecular flexibility index (Phi) is 6.93. The summed E-state index contributed by atoms with van der Waals surface area (Å²) in [6.07, 6.45) is 1.03. The van der Waals surface area contributed by atoms with Gasteiger partial charge in [-0.25, -0.2) is 0 Å². The molecule has 0 fully saturated rings. The van der Waals surface area contributed by atoms with Gasteiger partial charge < -0.3 is 14.8 Å². The smallest absolute Gasteiger partial charge is 0.0701 e. The van der Waals surface area contributed by atoms with Crippen LogP contribution in [0.4, 0.5) is 0 Å². The van der Waals surface area contributed by atoms with Crippen molar-refractivity contribution in [2.45, 2.75) is 26.8 Å². The van der Waals surface area contributed by atoms with Crippen LogP contribution in [0, 0.1) is 13.8 Å². The van der Waals surface area contributed by atoms with E-state index in [-0.39, 0.29) is 0 Å². The van der Waals surface area contributed by atoms with E-state index < -0.39 is 0 Å². The molecule has 1 aromatic rings. The van der Waals surface area contributed by atoms with Gasteiger partial charge in [0.25, 0.3) is 0 Å². The van der Waals surface area contributed by atoms with Crippen molar-refractivity contribution in [3.8, 4) is 0 Å². The molecule has 0 saturated heterocycles. The molecule has 0 amide bonds. The first kappa shape index (κ1) is 15.1. The molecule has 0 spiro atoms. The minimum absolute atomic E-state index is 0.641. The van der Waals surface area contributed by atoms with Crippen LogP contribution in [0.3, 0.4) is 0 Å². The molecule has 0 aromatic carbocycles. The van der Waals surface area contributed by atoms with Gasteiger partial charge in [-0.2, -0.15) is 5.10 Å². The maximum atomic E-state index is 5.47. The number of nitrogens with one attached hydrogen (secondary N) is 1. The second kappa shape index (κ2) is 8.24. The molecule has 104 valence electrons. The van der Waals surface area contributed by atoms with E-state index in [0.29, 0.717) is 19.8 Å². The van der Waals surface area contributed by atoms with Gasteiger partial charge in [-0.05, 0) is 39.4 Å². The lowest BCUT2D eigenvalue weighted by molar-refractivity contribution is 0.0651. The van der Waals surface area contributed by atoms with Crippen LogP contribution in [-0.4, -0.2) is 50.3 Å². The van der Waals surface area contributed by atoms with E-state index in [4.69, 9.17) is 9.47 Å². The largest absolute Gasteiger partial charge is 0.382 e. The van der Waals surface area contributed by atoms with Gasteiger partial charge in [0.15, 0.2) is 0 Å². The maximum absolute atomic E-state index is 5.47. The van der Waals surface area contributed by atoms with Crippen molar-refractivity contribution in [3.63, 3.8) is 0 Å². The fourth-order valence-corrected chi connectivity index (χ4v) is 1.96. The lowest BCUT2D eigenvalue weighted by Gasteiger charge is -2.06. The first-order valence-electron chi connectivity index (χ1n) is 6.44. The van der Waals surface area contributed by atoms with E-state index in [1.165, 1.54) is 11.3 Å². The number of ether oxygens (including phenoxy) is 2. The molecular weight excluding hydrogens is 230 g/mol. The third-order valence-corrected chi connectivity index (χ3v) is 3.04. The van der Waals surface area contributed by atoms with Crippen LogP contribution in [0.15, 0.2) is 0 Å². The van der Waals surface area contributed by atoms with Crippen molar-refractivity contribution >= 4 is 0 Å². The zero-order valence-corrected chi connectivity index (χ0v) is 12.0. The fraction of sp³-hybridized carbons (Fsp3) is 0.769. The van der Waals surface area contributed by atoms with E-state index in [1.807, 2.05) is 11.7 Å². The van der Waals surface area contributed by atoms with Gasteiger partial charge in [-0.3, -0.25) is 4.68 Å². The first-order chi connectivity index (χ1) is 8.70. The Labute approximate surface area is 109 Å². The highest BCUT2D eigenvalue weighted by molar-refractivity contribution is 5.24. The zero-order valence-electron chi connectivity index (χ0n) is 12.0. The summed E-state index contributed by atoms with van der Waals surface area (Å²) < 4.78 is 12.4. The van der Waals surface area contributed by atoms with E-state index >= 15 is 0 Å². The van der Waals surface area contributed by atoms with Gasteiger partial charge >= 0.3 is 0 Å². The molecule has 1 aromatic heterocycles. The number of rotatable bonds is 9. The van der Waals surface area contributed by atoms with E-state index in [1.54, 1.807) is 7.11 Å². The van der Waals surface area contributed by atoms with Crippen molar-refractivity contribution in [2.75, 3.05) is 40.5 Å². The van der Waals surface area contributed by atoms with E-state index in [9.17, 15) is 0 Å². The number of likely N-dealkylation sites (N-methyl/N-ethyl adjacent to an activating group) is 1. The Bertz CT molecular complexity index is 350. The van der Waals surface area contributed by atoms with Crippen molar-refractivity contribution in [2.24, 2.45) is 0 Å². The molecule has 1 rings (SSSR count). The summed E-state index contributed by atoms with van der Waals surface area (Å²) in [4.78, 5) is 0. The lowest BCUT2D eigenvalue weighted by Crippen LogP contribution is -2.13. The number of aryl methyl sites for hydroxylation is 1. The molecule has 0 aliphatic carbocycles. The third-order valence-electron chi connectivity index (χ3n) is 3.04. The molecule has 1 heterocycles. The molecular formula is C13H25N3O2. The SMILES string of the molecule is CNCCc1c(C)nn(CCOCCOC)c1C. The quantitative estimate of drug-likeness (QED) is 0.667. The number of methoxy groups -OCH3 is 1. The molecule has 18 heavy (non-hydrogen) atoms. The molecule has 1 N–H and O–H groups in total. The molecule has 0 bridgehead atoms. The lowest BCUT2D eigenvalue weighted by atomic mass is 10.1. The Balaban J connectivity index is 2.46. The molecule has 5 heteroatoms. The average Bonchev–Trinajstić information content (AvgIpc) is 2.62. The second-order valence-corrected chi connectivity index (χ2v) is 4.33. The highest BCUT2D eigenvalue weighted by Gasteiger charge is 2.10. The Morgan fingerprint density at radius 1 is 1.22 bits per heavy atom. The normalized spacial score (nSPS) is 11.1. The maximum Gasteiger partial charge on any atom is 0.0701 e. The summed E-state index contributed by atoms with van der Waals surface area (Å²) in [5.41, 5.74) is 3.72. The number of hydrogen-bond donors (Lipinski definition) is 1.